The molecule has 2 rings (SSSR count). The predicted molar refractivity (Wildman–Crippen MR) is 70.5 cm³/mol. The summed E-state index contributed by atoms with van der Waals surface area (Å²) in [6, 6.07) is 0.374. The zero-order valence-corrected chi connectivity index (χ0v) is 11.1. The highest BCUT2D eigenvalue weighted by Gasteiger charge is 2.26. The molecule has 4 nitrogen and oxygen atoms in total. The van der Waals surface area contributed by atoms with Gasteiger partial charge < -0.3 is 10.6 Å². The SMILES string of the molecule is CCC(C)NCC(=O)Nc1nc(C2CC2)cs1. The highest BCUT2D eigenvalue weighted by molar-refractivity contribution is 7.13. The first kappa shape index (κ1) is 12.5. The van der Waals surface area contributed by atoms with E-state index in [0.29, 0.717) is 18.5 Å². The first-order valence-corrected chi connectivity index (χ1v) is 7.05. The third-order valence-corrected chi connectivity index (χ3v) is 3.76. The largest absolute Gasteiger partial charge is 0.306 e. The Kier molecular flexibility index (Phi) is 4.12. The molecule has 1 amide bonds. The molecule has 94 valence electrons. The van der Waals surface area contributed by atoms with E-state index >= 15 is 0 Å². The summed E-state index contributed by atoms with van der Waals surface area (Å²) in [5.41, 5.74) is 1.14. The molecular formula is C12H19N3OS. The number of carbonyl (C=O) groups is 1. The minimum atomic E-state index is -0.0120. The lowest BCUT2D eigenvalue weighted by molar-refractivity contribution is -0.115. The van der Waals surface area contributed by atoms with Gasteiger partial charge in [0.25, 0.3) is 0 Å². The summed E-state index contributed by atoms with van der Waals surface area (Å²) < 4.78 is 0. The molecule has 1 aromatic rings. The molecule has 1 heterocycles. The van der Waals surface area contributed by atoms with Gasteiger partial charge in [-0.3, -0.25) is 4.79 Å². The quantitative estimate of drug-likeness (QED) is 0.818. The number of hydrogen-bond acceptors (Lipinski definition) is 4. The maximum atomic E-state index is 11.6. The van der Waals surface area contributed by atoms with Gasteiger partial charge in [0.15, 0.2) is 5.13 Å². The molecule has 1 saturated carbocycles. The third kappa shape index (κ3) is 3.78. The molecule has 1 aliphatic carbocycles. The molecule has 1 unspecified atom stereocenters. The Morgan fingerprint density at radius 1 is 1.65 bits per heavy atom. The molecule has 0 radical (unpaired) electrons. The van der Waals surface area contributed by atoms with Crippen LogP contribution < -0.4 is 10.6 Å². The number of thiazole rings is 1. The summed E-state index contributed by atoms with van der Waals surface area (Å²) in [5.74, 6) is 0.636. The van der Waals surface area contributed by atoms with Crippen molar-refractivity contribution in [2.45, 2.75) is 45.1 Å². The summed E-state index contributed by atoms with van der Waals surface area (Å²) >= 11 is 1.52. The van der Waals surface area contributed by atoms with Gasteiger partial charge in [-0.1, -0.05) is 6.92 Å². The minimum Gasteiger partial charge on any atom is -0.306 e. The van der Waals surface area contributed by atoms with Crippen LogP contribution in [0.3, 0.4) is 0 Å². The fourth-order valence-electron chi connectivity index (χ4n) is 1.48. The first-order chi connectivity index (χ1) is 8.19. The van der Waals surface area contributed by atoms with Gasteiger partial charge in [0.05, 0.1) is 12.2 Å². The predicted octanol–water partition coefficient (Wildman–Crippen LogP) is 2.35. The molecule has 2 N–H and O–H groups in total. The van der Waals surface area contributed by atoms with Gasteiger partial charge in [0, 0.05) is 17.3 Å². The second-order valence-electron chi connectivity index (χ2n) is 4.59. The zero-order chi connectivity index (χ0) is 12.3. The summed E-state index contributed by atoms with van der Waals surface area (Å²) in [6.45, 7) is 4.52. The average molecular weight is 253 g/mol. The summed E-state index contributed by atoms with van der Waals surface area (Å²) in [4.78, 5) is 16.0. The van der Waals surface area contributed by atoms with Crippen LogP contribution >= 0.6 is 11.3 Å². The van der Waals surface area contributed by atoms with Crippen LogP contribution in [-0.2, 0) is 4.79 Å². The van der Waals surface area contributed by atoms with Crippen molar-refractivity contribution in [2.24, 2.45) is 0 Å². The van der Waals surface area contributed by atoms with Crippen LogP contribution in [0.15, 0.2) is 5.38 Å². The number of carbonyl (C=O) groups excluding carboxylic acids is 1. The number of anilines is 1. The van der Waals surface area contributed by atoms with Crippen molar-refractivity contribution < 1.29 is 4.79 Å². The van der Waals surface area contributed by atoms with Crippen LogP contribution in [0.1, 0.15) is 44.7 Å². The van der Waals surface area contributed by atoms with Gasteiger partial charge in [0.2, 0.25) is 5.91 Å². The molecule has 1 aliphatic rings. The lowest BCUT2D eigenvalue weighted by atomic mass is 10.2. The number of rotatable bonds is 6. The Hall–Kier alpha value is -0.940. The Morgan fingerprint density at radius 2 is 2.41 bits per heavy atom. The van der Waals surface area contributed by atoms with Crippen molar-refractivity contribution in [3.63, 3.8) is 0 Å². The molecule has 0 bridgehead atoms. The number of hydrogen-bond donors (Lipinski definition) is 2. The number of aromatic nitrogens is 1. The Morgan fingerprint density at radius 3 is 3.06 bits per heavy atom. The van der Waals surface area contributed by atoms with Crippen LogP contribution in [0.5, 0.6) is 0 Å². The molecule has 0 saturated heterocycles. The number of nitrogens with zero attached hydrogens (tertiary/aromatic N) is 1. The second-order valence-corrected chi connectivity index (χ2v) is 5.45. The van der Waals surface area contributed by atoms with Crippen molar-refractivity contribution in [2.75, 3.05) is 11.9 Å². The maximum Gasteiger partial charge on any atom is 0.240 e. The summed E-state index contributed by atoms with van der Waals surface area (Å²) in [7, 11) is 0. The molecule has 0 aromatic carbocycles. The maximum absolute atomic E-state index is 11.6. The normalized spacial score (nSPS) is 16.8. The van der Waals surface area contributed by atoms with E-state index in [1.165, 1.54) is 24.2 Å². The van der Waals surface area contributed by atoms with Crippen molar-refractivity contribution in [3.8, 4) is 0 Å². The van der Waals surface area contributed by atoms with Gasteiger partial charge in [-0.15, -0.1) is 11.3 Å². The smallest absolute Gasteiger partial charge is 0.240 e. The fraction of sp³-hybridized carbons (Fsp3) is 0.667. The van der Waals surface area contributed by atoms with Gasteiger partial charge in [-0.25, -0.2) is 4.98 Å². The Balaban J connectivity index is 1.76. The van der Waals surface area contributed by atoms with Gasteiger partial charge in [-0.2, -0.15) is 0 Å². The van der Waals surface area contributed by atoms with E-state index in [2.05, 4.69) is 34.8 Å². The van der Waals surface area contributed by atoms with Crippen molar-refractivity contribution >= 4 is 22.4 Å². The number of nitrogens with one attached hydrogen (secondary N) is 2. The lowest BCUT2D eigenvalue weighted by Crippen LogP contribution is -2.33. The van der Waals surface area contributed by atoms with Crippen LogP contribution in [-0.4, -0.2) is 23.5 Å². The van der Waals surface area contributed by atoms with E-state index < -0.39 is 0 Å². The fourth-order valence-corrected chi connectivity index (χ4v) is 2.29. The summed E-state index contributed by atoms with van der Waals surface area (Å²) in [5, 5.41) is 8.77. The van der Waals surface area contributed by atoms with E-state index in [4.69, 9.17) is 0 Å². The first-order valence-electron chi connectivity index (χ1n) is 6.17. The monoisotopic (exact) mass is 253 g/mol. The van der Waals surface area contributed by atoms with E-state index in [9.17, 15) is 4.79 Å². The number of amides is 1. The van der Waals surface area contributed by atoms with Crippen molar-refractivity contribution in [3.05, 3.63) is 11.1 Å². The minimum absolute atomic E-state index is 0.0120. The summed E-state index contributed by atoms with van der Waals surface area (Å²) in [6.07, 6.45) is 3.51. The highest BCUT2D eigenvalue weighted by atomic mass is 32.1. The molecule has 1 atom stereocenters. The second kappa shape index (κ2) is 5.60. The average Bonchev–Trinajstić information content (AvgIpc) is 3.08. The molecule has 1 fully saturated rings. The van der Waals surface area contributed by atoms with Crippen LogP contribution in [0.2, 0.25) is 0 Å². The molecule has 0 aliphatic heterocycles. The van der Waals surface area contributed by atoms with E-state index in [1.807, 2.05) is 0 Å². The highest BCUT2D eigenvalue weighted by Crippen LogP contribution is 2.40. The van der Waals surface area contributed by atoms with E-state index in [1.54, 1.807) is 0 Å². The molecule has 1 aromatic heterocycles. The van der Waals surface area contributed by atoms with Crippen LogP contribution in [0.4, 0.5) is 5.13 Å². The topological polar surface area (TPSA) is 54.0 Å². The van der Waals surface area contributed by atoms with E-state index in [-0.39, 0.29) is 5.91 Å². The van der Waals surface area contributed by atoms with Gasteiger partial charge in [0.1, 0.15) is 0 Å². The van der Waals surface area contributed by atoms with Crippen LogP contribution in [0.25, 0.3) is 0 Å². The molecular weight excluding hydrogens is 234 g/mol. The zero-order valence-electron chi connectivity index (χ0n) is 10.3. The van der Waals surface area contributed by atoms with Gasteiger partial charge in [-0.05, 0) is 26.2 Å². The van der Waals surface area contributed by atoms with Crippen LogP contribution in [0, 0.1) is 0 Å². The standard InChI is InChI=1S/C12H19N3OS/c1-3-8(2)13-6-11(16)15-12-14-10(7-17-12)9-4-5-9/h7-9,13H,3-6H2,1-2H3,(H,14,15,16). The Bertz CT molecular complexity index is 387. The third-order valence-electron chi connectivity index (χ3n) is 2.99. The Labute approximate surface area is 106 Å². The van der Waals surface area contributed by atoms with Crippen molar-refractivity contribution in [1.82, 2.24) is 10.3 Å². The molecule has 0 spiro atoms. The molecule has 5 heteroatoms. The van der Waals surface area contributed by atoms with Gasteiger partial charge >= 0.3 is 0 Å². The van der Waals surface area contributed by atoms with E-state index in [0.717, 1.165) is 17.2 Å². The molecule has 17 heavy (non-hydrogen) atoms. The lowest BCUT2D eigenvalue weighted by Gasteiger charge is -2.09. The van der Waals surface area contributed by atoms with Crippen molar-refractivity contribution in [1.29, 1.82) is 0 Å².